The Kier molecular flexibility index (Phi) is 7.66. The lowest BCUT2D eigenvalue weighted by Crippen LogP contribution is -2.49. The van der Waals surface area contributed by atoms with E-state index in [9.17, 15) is 9.90 Å². The molecule has 2 aliphatic rings. The number of hydrogen-bond acceptors (Lipinski definition) is 5. The van der Waals surface area contributed by atoms with Gasteiger partial charge in [0.05, 0.1) is 24.0 Å². The zero-order chi connectivity index (χ0) is 22.2. The number of halogens is 2. The topological polar surface area (TPSA) is 61.8 Å². The predicted octanol–water partition coefficient (Wildman–Crippen LogP) is 6.15. The van der Waals surface area contributed by atoms with Crippen LogP contribution in [-0.2, 0) is 4.74 Å². The van der Waals surface area contributed by atoms with E-state index in [1.807, 2.05) is 36.4 Å². The van der Waals surface area contributed by atoms with Crippen molar-refractivity contribution in [3.8, 4) is 11.1 Å². The fourth-order valence-corrected chi connectivity index (χ4v) is 6.02. The van der Waals surface area contributed by atoms with E-state index in [0.29, 0.717) is 36.3 Å². The van der Waals surface area contributed by atoms with Crippen LogP contribution >= 0.6 is 39.9 Å². The van der Waals surface area contributed by atoms with Crippen molar-refractivity contribution in [1.29, 1.82) is 0 Å². The van der Waals surface area contributed by atoms with Crippen molar-refractivity contribution in [3.63, 3.8) is 0 Å². The highest BCUT2D eigenvalue weighted by molar-refractivity contribution is 8.93. The van der Waals surface area contributed by atoms with Gasteiger partial charge in [-0.1, -0.05) is 30.2 Å². The molecule has 5 nitrogen and oxygen atoms in total. The molecule has 176 valence electrons. The number of hydrogen-bond donors (Lipinski definition) is 2. The zero-order valence-electron chi connectivity index (χ0n) is 18.5. The van der Waals surface area contributed by atoms with E-state index in [0.717, 1.165) is 38.3 Å². The number of fused-ring (bicyclic) bond motifs is 1. The molecule has 1 saturated carbocycles. The number of carboxylic acids is 1. The van der Waals surface area contributed by atoms with Crippen LogP contribution in [0.1, 0.15) is 34.5 Å². The van der Waals surface area contributed by atoms with Gasteiger partial charge in [0.1, 0.15) is 0 Å². The molecule has 0 unspecified atom stereocenters. The molecule has 2 fully saturated rings. The molecule has 0 amide bonds. The number of carbonyl (C=O) groups is 1. The normalized spacial score (nSPS) is 18.7. The van der Waals surface area contributed by atoms with Gasteiger partial charge in [-0.15, -0.1) is 28.3 Å². The van der Waals surface area contributed by atoms with Crippen LogP contribution in [-0.4, -0.2) is 49.5 Å². The summed E-state index contributed by atoms with van der Waals surface area (Å²) in [7, 11) is 0. The number of benzene rings is 2. The number of aryl methyl sites for hydroxylation is 1. The third-order valence-electron chi connectivity index (χ3n) is 6.56. The van der Waals surface area contributed by atoms with Crippen LogP contribution in [0.15, 0.2) is 36.4 Å². The number of carboxylic acid groups (broad SMARTS) is 1. The van der Waals surface area contributed by atoms with Gasteiger partial charge >= 0.3 is 5.97 Å². The molecule has 2 heterocycles. The summed E-state index contributed by atoms with van der Waals surface area (Å²) in [5.41, 5.74) is 3.11. The van der Waals surface area contributed by atoms with Crippen LogP contribution in [0.25, 0.3) is 21.2 Å². The number of anilines is 1. The maximum absolute atomic E-state index is 12.2. The van der Waals surface area contributed by atoms with Crippen LogP contribution in [0, 0.1) is 6.92 Å². The summed E-state index contributed by atoms with van der Waals surface area (Å²) in [5, 5.41) is 15.4. The summed E-state index contributed by atoms with van der Waals surface area (Å²) in [4.78, 5) is 15.5. The van der Waals surface area contributed by atoms with Crippen molar-refractivity contribution in [1.82, 2.24) is 5.32 Å². The molecule has 0 spiro atoms. The Hall–Kier alpha value is -1.64. The lowest BCUT2D eigenvalue weighted by molar-refractivity contribution is 0.0370. The second-order valence-corrected chi connectivity index (χ2v) is 10.4. The van der Waals surface area contributed by atoms with Crippen LogP contribution in [0.2, 0.25) is 5.02 Å². The van der Waals surface area contributed by atoms with Gasteiger partial charge in [-0.05, 0) is 49.6 Å². The van der Waals surface area contributed by atoms with Gasteiger partial charge in [0.15, 0.2) is 0 Å². The largest absolute Gasteiger partial charge is 0.478 e. The summed E-state index contributed by atoms with van der Waals surface area (Å²) in [6.07, 6.45) is 3.85. The first kappa shape index (κ1) is 24.5. The molecule has 8 heteroatoms. The molecule has 0 radical (unpaired) electrons. The summed E-state index contributed by atoms with van der Waals surface area (Å²) >= 11 is 7.85. The number of rotatable bonds is 6. The first-order valence-corrected chi connectivity index (χ1v) is 12.4. The Bertz CT molecular complexity index is 1160. The van der Waals surface area contributed by atoms with Gasteiger partial charge < -0.3 is 20.1 Å². The van der Waals surface area contributed by atoms with Gasteiger partial charge in [-0.25, -0.2) is 4.79 Å². The fraction of sp³-hybridized carbons (Fsp3) is 0.400. The molecule has 1 aliphatic carbocycles. The number of thiophene rings is 1. The van der Waals surface area contributed by atoms with E-state index in [1.54, 1.807) is 11.3 Å². The van der Waals surface area contributed by atoms with E-state index in [4.69, 9.17) is 16.3 Å². The number of nitrogens with zero attached hydrogens (tertiary/aromatic N) is 1. The minimum absolute atomic E-state index is 0. The van der Waals surface area contributed by atoms with E-state index >= 15 is 0 Å². The van der Waals surface area contributed by atoms with Crippen LogP contribution in [0.3, 0.4) is 0 Å². The standard InChI is InChI=1S/C25H27ClN2O3S.BrH/c1-15-24(20-7-6-17(26)12-23(20)32-15)16-5-8-22(21(11-16)25(29)30)28-9-10-31-19(14-28)13-27-18-3-2-4-18;/h5-8,11-12,18-19,27H,2-4,9-10,13-14H2,1H3,(H,29,30);1H/t19-;/m1./s1. The quantitative estimate of drug-likeness (QED) is 0.385. The molecule has 1 aromatic heterocycles. The van der Waals surface area contributed by atoms with E-state index in [-0.39, 0.29) is 23.1 Å². The van der Waals surface area contributed by atoms with Gasteiger partial charge in [0.25, 0.3) is 0 Å². The maximum atomic E-state index is 12.2. The molecular formula is C25H28BrClN2O3S. The molecule has 2 N–H and O–H groups in total. The zero-order valence-corrected chi connectivity index (χ0v) is 21.8. The van der Waals surface area contributed by atoms with Crippen LogP contribution in [0.5, 0.6) is 0 Å². The lowest BCUT2D eigenvalue weighted by atomic mass is 9.93. The van der Waals surface area contributed by atoms with E-state index in [2.05, 4.69) is 17.1 Å². The molecule has 0 bridgehead atoms. The third-order valence-corrected chi connectivity index (χ3v) is 7.87. The van der Waals surface area contributed by atoms with E-state index < -0.39 is 5.97 Å². The van der Waals surface area contributed by atoms with Crippen molar-refractivity contribution >= 4 is 61.7 Å². The minimum atomic E-state index is -0.905. The molecular weight excluding hydrogens is 524 g/mol. The van der Waals surface area contributed by atoms with Gasteiger partial charge in [-0.3, -0.25) is 0 Å². The maximum Gasteiger partial charge on any atom is 0.337 e. The molecule has 1 saturated heterocycles. The number of ether oxygens (including phenoxy) is 1. The van der Waals surface area contributed by atoms with Crippen molar-refractivity contribution < 1.29 is 14.6 Å². The Morgan fingerprint density at radius 1 is 1.27 bits per heavy atom. The van der Waals surface area contributed by atoms with Crippen molar-refractivity contribution in [2.45, 2.75) is 38.3 Å². The average molecular weight is 552 g/mol. The summed E-state index contributed by atoms with van der Waals surface area (Å²) < 4.78 is 7.06. The fourth-order valence-electron chi connectivity index (χ4n) is 4.66. The van der Waals surface area contributed by atoms with Gasteiger partial charge in [0.2, 0.25) is 0 Å². The highest BCUT2D eigenvalue weighted by Gasteiger charge is 2.26. The number of aromatic carboxylic acids is 1. The lowest BCUT2D eigenvalue weighted by Gasteiger charge is -2.37. The molecule has 1 atom stereocenters. The second-order valence-electron chi connectivity index (χ2n) is 8.69. The van der Waals surface area contributed by atoms with Crippen LogP contribution in [0.4, 0.5) is 5.69 Å². The Labute approximate surface area is 213 Å². The highest BCUT2D eigenvalue weighted by Crippen LogP contribution is 2.40. The Morgan fingerprint density at radius 3 is 2.82 bits per heavy atom. The van der Waals surface area contributed by atoms with Crippen LogP contribution < -0.4 is 10.2 Å². The first-order valence-electron chi connectivity index (χ1n) is 11.2. The smallest absolute Gasteiger partial charge is 0.337 e. The monoisotopic (exact) mass is 550 g/mol. The van der Waals surface area contributed by atoms with Crippen molar-refractivity contribution in [3.05, 3.63) is 51.9 Å². The highest BCUT2D eigenvalue weighted by atomic mass is 79.9. The van der Waals surface area contributed by atoms with Gasteiger partial charge in [-0.2, -0.15) is 0 Å². The first-order chi connectivity index (χ1) is 15.5. The molecule has 5 rings (SSSR count). The van der Waals surface area contributed by atoms with Crippen molar-refractivity contribution in [2.75, 3.05) is 31.1 Å². The summed E-state index contributed by atoms with van der Waals surface area (Å²) in [6, 6.07) is 12.3. The minimum Gasteiger partial charge on any atom is -0.478 e. The van der Waals surface area contributed by atoms with Gasteiger partial charge in [0, 0.05) is 51.2 Å². The summed E-state index contributed by atoms with van der Waals surface area (Å²) in [5.74, 6) is -0.905. The Morgan fingerprint density at radius 2 is 2.09 bits per heavy atom. The molecule has 1 aliphatic heterocycles. The third kappa shape index (κ3) is 5.08. The van der Waals surface area contributed by atoms with Crippen molar-refractivity contribution in [2.24, 2.45) is 0 Å². The number of nitrogens with one attached hydrogen (secondary N) is 1. The Balaban J connectivity index is 0.00000259. The SMILES string of the molecule is Br.Cc1sc2cc(Cl)ccc2c1-c1ccc(N2CCO[C@H](CNC3CCC3)C2)c(C(=O)O)c1. The summed E-state index contributed by atoms with van der Waals surface area (Å²) in [6.45, 7) is 4.87. The second kappa shape index (κ2) is 10.3. The number of morpholine rings is 1. The molecule has 33 heavy (non-hydrogen) atoms. The van der Waals surface area contributed by atoms with E-state index in [1.165, 1.54) is 19.3 Å². The predicted molar refractivity (Wildman–Crippen MR) is 142 cm³/mol. The molecule has 3 aromatic rings. The average Bonchev–Trinajstić information content (AvgIpc) is 3.07. The molecule has 2 aromatic carbocycles.